The largest absolute Gasteiger partial charge is 0.450 e. The molecule has 28 heavy (non-hydrogen) atoms. The molecule has 1 aromatic heterocycles. The van der Waals surface area contributed by atoms with Crippen molar-refractivity contribution in [3.8, 4) is 0 Å². The molecule has 0 bridgehead atoms. The number of piperidine rings is 1. The highest BCUT2D eigenvalue weighted by Crippen LogP contribution is 2.15. The lowest BCUT2D eigenvalue weighted by molar-refractivity contribution is 0.0982. The van der Waals surface area contributed by atoms with Crippen LogP contribution in [0.4, 0.5) is 16.4 Å². The van der Waals surface area contributed by atoms with Gasteiger partial charge in [0.2, 0.25) is 5.95 Å². The van der Waals surface area contributed by atoms with Gasteiger partial charge in [-0.1, -0.05) is 17.7 Å². The Kier molecular flexibility index (Phi) is 6.41. The number of nitrogens with one attached hydrogen (secondary N) is 2. The Morgan fingerprint density at radius 2 is 1.79 bits per heavy atom. The number of aromatic nitrogens is 2. The fourth-order valence-corrected chi connectivity index (χ4v) is 2.96. The molecule has 0 saturated carbocycles. The van der Waals surface area contributed by atoms with Gasteiger partial charge >= 0.3 is 6.09 Å². The van der Waals surface area contributed by atoms with Gasteiger partial charge in [-0.05, 0) is 38.8 Å². The summed E-state index contributed by atoms with van der Waals surface area (Å²) < 4.78 is 5.02. The van der Waals surface area contributed by atoms with E-state index in [0.717, 1.165) is 24.1 Å². The highest BCUT2D eigenvalue weighted by molar-refractivity contribution is 6.03. The van der Waals surface area contributed by atoms with Crippen LogP contribution in [0.25, 0.3) is 0 Å². The van der Waals surface area contributed by atoms with Crippen LogP contribution >= 0.6 is 0 Å². The zero-order valence-corrected chi connectivity index (χ0v) is 16.1. The van der Waals surface area contributed by atoms with Crippen LogP contribution in [-0.4, -0.2) is 52.6 Å². The van der Waals surface area contributed by atoms with Gasteiger partial charge in [-0.3, -0.25) is 4.79 Å². The number of nitrogens with zero attached hydrogens (tertiary/aromatic N) is 3. The van der Waals surface area contributed by atoms with Crippen molar-refractivity contribution >= 4 is 23.6 Å². The van der Waals surface area contributed by atoms with Crippen molar-refractivity contribution in [1.82, 2.24) is 14.9 Å². The van der Waals surface area contributed by atoms with Crippen LogP contribution in [-0.2, 0) is 4.74 Å². The quantitative estimate of drug-likeness (QED) is 0.824. The van der Waals surface area contributed by atoms with Gasteiger partial charge in [0, 0.05) is 37.2 Å². The molecule has 2 N–H and O–H groups in total. The lowest BCUT2D eigenvalue weighted by Gasteiger charge is -2.31. The minimum absolute atomic E-state index is 0.179. The first-order valence-electron chi connectivity index (χ1n) is 9.43. The van der Waals surface area contributed by atoms with Crippen LogP contribution < -0.4 is 10.6 Å². The summed E-state index contributed by atoms with van der Waals surface area (Å²) >= 11 is 0. The maximum atomic E-state index is 12.3. The SMILES string of the molecule is CCOC(=O)N1CCC(Nc2ncc(C(=O)Nc3ccc(C)cc3)cn2)CC1. The molecule has 1 aromatic carbocycles. The van der Waals surface area contributed by atoms with E-state index < -0.39 is 0 Å². The van der Waals surface area contributed by atoms with Crippen molar-refractivity contribution in [2.75, 3.05) is 30.3 Å². The Morgan fingerprint density at radius 1 is 1.14 bits per heavy atom. The second-order valence-corrected chi connectivity index (χ2v) is 6.72. The van der Waals surface area contributed by atoms with Crippen molar-refractivity contribution in [3.05, 3.63) is 47.8 Å². The lowest BCUT2D eigenvalue weighted by atomic mass is 10.1. The molecule has 3 rings (SSSR count). The van der Waals surface area contributed by atoms with Crippen LogP contribution in [0.1, 0.15) is 35.7 Å². The average Bonchev–Trinajstić information content (AvgIpc) is 2.71. The molecule has 0 atom stereocenters. The molecule has 0 aliphatic carbocycles. The summed E-state index contributed by atoms with van der Waals surface area (Å²) in [7, 11) is 0. The number of carbonyl (C=O) groups excluding carboxylic acids is 2. The van der Waals surface area contributed by atoms with E-state index in [2.05, 4.69) is 20.6 Å². The number of anilines is 2. The molecular formula is C20H25N5O3. The average molecular weight is 383 g/mol. The Labute approximate surface area is 164 Å². The molecule has 1 fully saturated rings. The van der Waals surface area contributed by atoms with Gasteiger partial charge in [-0.15, -0.1) is 0 Å². The van der Waals surface area contributed by atoms with Crippen LogP contribution in [0.2, 0.25) is 0 Å². The van der Waals surface area contributed by atoms with E-state index in [1.165, 1.54) is 12.4 Å². The van der Waals surface area contributed by atoms with E-state index in [0.29, 0.717) is 31.2 Å². The normalized spacial score (nSPS) is 14.4. The molecule has 0 radical (unpaired) electrons. The Balaban J connectivity index is 1.50. The number of likely N-dealkylation sites (tertiary alicyclic amines) is 1. The van der Waals surface area contributed by atoms with E-state index in [1.807, 2.05) is 31.2 Å². The Bertz CT molecular complexity index is 800. The van der Waals surface area contributed by atoms with Crippen molar-refractivity contribution in [2.24, 2.45) is 0 Å². The van der Waals surface area contributed by atoms with Crippen LogP contribution in [0.15, 0.2) is 36.7 Å². The Hall–Kier alpha value is -3.16. The van der Waals surface area contributed by atoms with Crippen molar-refractivity contribution in [3.63, 3.8) is 0 Å². The maximum absolute atomic E-state index is 12.3. The molecule has 0 spiro atoms. The number of ether oxygens (including phenoxy) is 1. The predicted octanol–water partition coefficient (Wildman–Crippen LogP) is 3.07. The minimum Gasteiger partial charge on any atom is -0.450 e. The summed E-state index contributed by atoms with van der Waals surface area (Å²) in [6.45, 7) is 5.44. The zero-order chi connectivity index (χ0) is 19.9. The molecule has 2 aromatic rings. The number of hydrogen-bond donors (Lipinski definition) is 2. The van der Waals surface area contributed by atoms with Gasteiger partial charge in [-0.25, -0.2) is 14.8 Å². The second-order valence-electron chi connectivity index (χ2n) is 6.72. The number of hydrogen-bond acceptors (Lipinski definition) is 6. The molecule has 2 heterocycles. The first kappa shape index (κ1) is 19.6. The van der Waals surface area contributed by atoms with Crippen LogP contribution in [0.5, 0.6) is 0 Å². The summed E-state index contributed by atoms with van der Waals surface area (Å²) in [6, 6.07) is 7.76. The molecule has 8 nitrogen and oxygen atoms in total. The van der Waals surface area contributed by atoms with E-state index >= 15 is 0 Å². The number of amides is 2. The fraction of sp³-hybridized carbons (Fsp3) is 0.400. The summed E-state index contributed by atoms with van der Waals surface area (Å²) in [6.07, 6.45) is 4.33. The van der Waals surface area contributed by atoms with Gasteiger partial charge in [0.25, 0.3) is 5.91 Å². The van der Waals surface area contributed by atoms with Crippen molar-refractivity contribution < 1.29 is 14.3 Å². The summed E-state index contributed by atoms with van der Waals surface area (Å²) in [5.74, 6) is 0.222. The van der Waals surface area contributed by atoms with E-state index in [-0.39, 0.29) is 18.0 Å². The predicted molar refractivity (Wildman–Crippen MR) is 106 cm³/mol. The monoisotopic (exact) mass is 383 g/mol. The molecule has 1 aliphatic rings. The number of benzene rings is 1. The smallest absolute Gasteiger partial charge is 0.409 e. The summed E-state index contributed by atoms with van der Waals surface area (Å²) in [4.78, 5) is 34.2. The third-order valence-electron chi connectivity index (χ3n) is 4.58. The topological polar surface area (TPSA) is 96.5 Å². The van der Waals surface area contributed by atoms with Gasteiger partial charge in [0.05, 0.1) is 12.2 Å². The Morgan fingerprint density at radius 3 is 2.39 bits per heavy atom. The van der Waals surface area contributed by atoms with E-state index in [4.69, 9.17) is 4.74 Å². The first-order chi connectivity index (χ1) is 13.5. The van der Waals surface area contributed by atoms with Crippen molar-refractivity contribution in [1.29, 1.82) is 0 Å². The molecule has 8 heteroatoms. The molecule has 2 amide bonds. The van der Waals surface area contributed by atoms with Gasteiger partial charge < -0.3 is 20.3 Å². The number of carbonyl (C=O) groups is 2. The molecule has 0 unspecified atom stereocenters. The third-order valence-corrected chi connectivity index (χ3v) is 4.58. The summed E-state index contributed by atoms with van der Waals surface area (Å²) in [5.41, 5.74) is 2.25. The number of aryl methyl sites for hydroxylation is 1. The fourth-order valence-electron chi connectivity index (χ4n) is 2.96. The molecule has 1 aliphatic heterocycles. The molecular weight excluding hydrogens is 358 g/mol. The second kappa shape index (κ2) is 9.16. The maximum Gasteiger partial charge on any atom is 0.409 e. The van der Waals surface area contributed by atoms with E-state index in [1.54, 1.807) is 11.8 Å². The van der Waals surface area contributed by atoms with E-state index in [9.17, 15) is 9.59 Å². The minimum atomic E-state index is -0.263. The highest BCUT2D eigenvalue weighted by Gasteiger charge is 2.23. The molecule has 1 saturated heterocycles. The number of rotatable bonds is 5. The van der Waals surface area contributed by atoms with Crippen LogP contribution in [0, 0.1) is 6.92 Å². The molecule has 148 valence electrons. The highest BCUT2D eigenvalue weighted by atomic mass is 16.6. The van der Waals surface area contributed by atoms with Gasteiger partial charge in [-0.2, -0.15) is 0 Å². The van der Waals surface area contributed by atoms with Gasteiger partial charge in [0.15, 0.2) is 0 Å². The van der Waals surface area contributed by atoms with Gasteiger partial charge in [0.1, 0.15) is 0 Å². The lowest BCUT2D eigenvalue weighted by Crippen LogP contribution is -2.42. The summed E-state index contributed by atoms with van der Waals surface area (Å²) in [5, 5.41) is 6.09. The first-order valence-corrected chi connectivity index (χ1v) is 9.43. The standard InChI is InChI=1S/C20H25N5O3/c1-3-28-20(27)25-10-8-17(9-11-25)24-19-21-12-15(13-22-19)18(26)23-16-6-4-14(2)5-7-16/h4-7,12-13,17H,3,8-11H2,1-2H3,(H,23,26)(H,21,22,24). The van der Waals surface area contributed by atoms with Crippen LogP contribution in [0.3, 0.4) is 0 Å². The zero-order valence-electron chi connectivity index (χ0n) is 16.1. The van der Waals surface area contributed by atoms with Crippen molar-refractivity contribution in [2.45, 2.75) is 32.7 Å². The third kappa shape index (κ3) is 5.18.